The van der Waals surface area contributed by atoms with Crippen molar-refractivity contribution >= 4 is 33.5 Å². The molecule has 40 heavy (non-hydrogen) atoms. The zero-order chi connectivity index (χ0) is 29.1. The third-order valence-corrected chi connectivity index (χ3v) is 7.09. The van der Waals surface area contributed by atoms with E-state index in [9.17, 15) is 9.59 Å². The molecule has 0 radical (unpaired) electrons. The Morgan fingerprint density at radius 3 is 2.40 bits per heavy atom. The summed E-state index contributed by atoms with van der Waals surface area (Å²) in [6.07, 6.45) is 2.66. The highest BCUT2D eigenvalue weighted by Gasteiger charge is 2.19. The number of ether oxygens (including phenoxy) is 3. The average molecular weight is 611 g/mol. The van der Waals surface area contributed by atoms with Crippen LogP contribution in [0.3, 0.4) is 0 Å². The highest BCUT2D eigenvalue weighted by Crippen LogP contribution is 2.33. The summed E-state index contributed by atoms with van der Waals surface area (Å²) in [4.78, 5) is 24.6. The number of carbonyl (C=O) groups excluding carboxylic acids is 2. The van der Waals surface area contributed by atoms with Crippen LogP contribution in [0.2, 0.25) is 0 Å². The van der Waals surface area contributed by atoms with Crippen LogP contribution < -0.4 is 14.8 Å². The summed E-state index contributed by atoms with van der Waals surface area (Å²) in [5.41, 5.74) is 4.73. The molecule has 0 saturated heterocycles. The molecule has 6 nitrogen and oxygen atoms in total. The largest absolute Gasteiger partial charge is 0.493 e. The fourth-order valence-electron chi connectivity index (χ4n) is 4.33. The number of aryl methyl sites for hydroxylation is 1. The molecule has 1 amide bonds. The van der Waals surface area contributed by atoms with E-state index in [2.05, 4.69) is 61.1 Å². The van der Waals surface area contributed by atoms with Gasteiger partial charge in [-0.2, -0.15) is 0 Å². The van der Waals surface area contributed by atoms with Gasteiger partial charge in [-0.1, -0.05) is 41.9 Å². The second-order valence-electron chi connectivity index (χ2n) is 10.2. The van der Waals surface area contributed by atoms with Gasteiger partial charge in [-0.25, -0.2) is 0 Å². The lowest BCUT2D eigenvalue weighted by atomic mass is 9.94. The first-order valence-electron chi connectivity index (χ1n) is 13.9. The second kappa shape index (κ2) is 15.5. The highest BCUT2D eigenvalue weighted by atomic mass is 79.9. The standard InChI is InChI=1S/C33H40BrNO5/c1-6-38-32(36)12-9-19-39-30-11-8-7-10-28(30)33(37)35-26-14-16-27(17-15-26)40-31(18-13-22(2)3)29-21-25(34)20-23(4)24(29)5/h7-8,10-11,14-17,20-22,31H,6,9,12-13,18-19H2,1-5H3,(H,35,37). The van der Waals surface area contributed by atoms with E-state index in [1.807, 2.05) is 30.3 Å². The molecule has 0 spiro atoms. The van der Waals surface area contributed by atoms with Gasteiger partial charge < -0.3 is 19.5 Å². The van der Waals surface area contributed by atoms with Crippen molar-refractivity contribution in [1.29, 1.82) is 0 Å². The van der Waals surface area contributed by atoms with Crippen LogP contribution in [0.1, 0.15) is 79.6 Å². The monoisotopic (exact) mass is 609 g/mol. The van der Waals surface area contributed by atoms with Crippen molar-refractivity contribution in [1.82, 2.24) is 0 Å². The molecule has 0 fully saturated rings. The van der Waals surface area contributed by atoms with Gasteiger partial charge in [0.15, 0.2) is 0 Å². The topological polar surface area (TPSA) is 73.9 Å². The first-order chi connectivity index (χ1) is 19.2. The third-order valence-electron chi connectivity index (χ3n) is 6.64. The van der Waals surface area contributed by atoms with Crippen LogP contribution >= 0.6 is 15.9 Å². The lowest BCUT2D eigenvalue weighted by Crippen LogP contribution is -2.14. The summed E-state index contributed by atoms with van der Waals surface area (Å²) >= 11 is 3.64. The summed E-state index contributed by atoms with van der Waals surface area (Å²) in [6, 6.07) is 18.8. The maximum Gasteiger partial charge on any atom is 0.305 e. The molecule has 0 heterocycles. The van der Waals surface area contributed by atoms with E-state index in [1.54, 1.807) is 25.1 Å². The summed E-state index contributed by atoms with van der Waals surface area (Å²) < 4.78 is 18.3. The molecule has 3 aromatic rings. The first kappa shape index (κ1) is 31.2. The van der Waals surface area contributed by atoms with Crippen LogP contribution in [0, 0.1) is 19.8 Å². The molecular formula is C33H40BrNO5. The number of halogens is 1. The smallest absolute Gasteiger partial charge is 0.305 e. The minimum absolute atomic E-state index is 0.0769. The molecular weight excluding hydrogens is 570 g/mol. The number of anilines is 1. The maximum absolute atomic E-state index is 13.1. The molecule has 0 aliphatic rings. The number of hydrogen-bond acceptors (Lipinski definition) is 5. The molecule has 214 valence electrons. The van der Waals surface area contributed by atoms with Gasteiger partial charge in [-0.3, -0.25) is 9.59 Å². The number of carbonyl (C=O) groups is 2. The highest BCUT2D eigenvalue weighted by molar-refractivity contribution is 9.10. The summed E-state index contributed by atoms with van der Waals surface area (Å²) in [5.74, 6) is 1.26. The first-order valence-corrected chi connectivity index (χ1v) is 14.7. The van der Waals surface area contributed by atoms with Gasteiger partial charge >= 0.3 is 5.97 Å². The van der Waals surface area contributed by atoms with Crippen LogP contribution in [0.5, 0.6) is 11.5 Å². The zero-order valence-corrected chi connectivity index (χ0v) is 25.7. The molecule has 0 saturated carbocycles. The Balaban J connectivity index is 1.66. The number of hydrogen-bond donors (Lipinski definition) is 1. The fraction of sp³-hybridized carbons (Fsp3) is 0.394. The van der Waals surface area contributed by atoms with Gasteiger partial charge in [-0.15, -0.1) is 0 Å². The van der Waals surface area contributed by atoms with Crippen LogP contribution in [0.4, 0.5) is 5.69 Å². The molecule has 0 bridgehead atoms. The molecule has 3 aromatic carbocycles. The molecule has 0 aromatic heterocycles. The number of para-hydroxylation sites is 1. The quantitative estimate of drug-likeness (QED) is 0.146. The summed E-state index contributed by atoms with van der Waals surface area (Å²) in [7, 11) is 0. The van der Waals surface area contributed by atoms with Crippen LogP contribution in [-0.4, -0.2) is 25.1 Å². The molecule has 0 aliphatic carbocycles. The lowest BCUT2D eigenvalue weighted by molar-refractivity contribution is -0.143. The molecule has 7 heteroatoms. The minimum atomic E-state index is -0.273. The van der Waals surface area contributed by atoms with Crippen molar-refractivity contribution in [2.45, 2.75) is 66.4 Å². The van der Waals surface area contributed by atoms with Gasteiger partial charge in [0.25, 0.3) is 5.91 Å². The van der Waals surface area contributed by atoms with E-state index in [4.69, 9.17) is 14.2 Å². The molecule has 1 atom stereocenters. The zero-order valence-electron chi connectivity index (χ0n) is 24.1. The molecule has 1 unspecified atom stereocenters. The van der Waals surface area contributed by atoms with E-state index in [0.717, 1.165) is 23.1 Å². The van der Waals surface area contributed by atoms with Crippen molar-refractivity contribution < 1.29 is 23.8 Å². The van der Waals surface area contributed by atoms with Crippen molar-refractivity contribution in [3.63, 3.8) is 0 Å². The molecule has 0 aliphatic heterocycles. The van der Waals surface area contributed by atoms with Crippen LogP contribution in [0.15, 0.2) is 65.1 Å². The van der Waals surface area contributed by atoms with Crippen molar-refractivity contribution in [3.8, 4) is 11.5 Å². The minimum Gasteiger partial charge on any atom is -0.493 e. The van der Waals surface area contributed by atoms with E-state index in [1.165, 1.54) is 16.7 Å². The SMILES string of the molecule is CCOC(=O)CCCOc1ccccc1C(=O)Nc1ccc(OC(CCC(C)C)c2cc(Br)cc(C)c2C)cc1. The van der Waals surface area contributed by atoms with Gasteiger partial charge in [-0.05, 0) is 111 Å². The Labute approximate surface area is 246 Å². The molecule has 1 N–H and O–H groups in total. The number of nitrogens with one attached hydrogen (secondary N) is 1. The van der Waals surface area contributed by atoms with Crippen LogP contribution in [-0.2, 0) is 9.53 Å². The summed E-state index contributed by atoms with van der Waals surface area (Å²) in [6.45, 7) is 11.2. The van der Waals surface area contributed by atoms with Crippen LogP contribution in [0.25, 0.3) is 0 Å². The Morgan fingerprint density at radius 2 is 1.70 bits per heavy atom. The van der Waals surface area contributed by atoms with E-state index < -0.39 is 0 Å². The van der Waals surface area contributed by atoms with Crippen molar-refractivity contribution in [3.05, 3.63) is 87.4 Å². The van der Waals surface area contributed by atoms with E-state index in [0.29, 0.717) is 42.6 Å². The lowest BCUT2D eigenvalue weighted by Gasteiger charge is -2.23. The Kier molecular flexibility index (Phi) is 12.1. The number of amides is 1. The fourth-order valence-corrected chi connectivity index (χ4v) is 4.92. The third kappa shape index (κ3) is 9.40. The Hall–Kier alpha value is -3.32. The second-order valence-corrected chi connectivity index (χ2v) is 11.2. The van der Waals surface area contributed by atoms with Gasteiger partial charge in [0.05, 0.1) is 18.8 Å². The normalized spacial score (nSPS) is 11.7. The van der Waals surface area contributed by atoms with Gasteiger partial charge in [0.2, 0.25) is 0 Å². The van der Waals surface area contributed by atoms with Gasteiger partial charge in [0.1, 0.15) is 17.6 Å². The Bertz CT molecular complexity index is 1270. The predicted molar refractivity (Wildman–Crippen MR) is 163 cm³/mol. The number of benzene rings is 3. The van der Waals surface area contributed by atoms with Crippen molar-refractivity contribution in [2.75, 3.05) is 18.5 Å². The Morgan fingerprint density at radius 1 is 0.975 bits per heavy atom. The van der Waals surface area contributed by atoms with E-state index in [-0.39, 0.29) is 24.4 Å². The van der Waals surface area contributed by atoms with E-state index >= 15 is 0 Å². The number of rotatable bonds is 14. The number of esters is 1. The average Bonchev–Trinajstić information content (AvgIpc) is 2.92. The summed E-state index contributed by atoms with van der Waals surface area (Å²) in [5, 5.41) is 2.95. The van der Waals surface area contributed by atoms with Crippen molar-refractivity contribution in [2.24, 2.45) is 5.92 Å². The maximum atomic E-state index is 13.1. The van der Waals surface area contributed by atoms with Gasteiger partial charge in [0, 0.05) is 16.6 Å². The predicted octanol–water partition coefficient (Wildman–Crippen LogP) is 8.60. The molecule has 3 rings (SSSR count).